The van der Waals surface area contributed by atoms with Crippen molar-refractivity contribution in [2.24, 2.45) is 5.92 Å². The van der Waals surface area contributed by atoms with Gasteiger partial charge in [0.05, 0.1) is 6.61 Å². The van der Waals surface area contributed by atoms with Gasteiger partial charge in [0.15, 0.2) is 5.78 Å². The molecule has 0 saturated heterocycles. The van der Waals surface area contributed by atoms with E-state index >= 15 is 0 Å². The second-order valence-electron chi connectivity index (χ2n) is 7.98. The smallest absolute Gasteiger partial charge is 0.160 e. The number of nitrogens with one attached hydrogen (secondary N) is 1. The van der Waals surface area contributed by atoms with E-state index in [1.807, 2.05) is 18.2 Å². The molecule has 2 aliphatic rings. The Morgan fingerprint density at radius 3 is 2.62 bits per heavy atom. The lowest BCUT2D eigenvalue weighted by atomic mass is 9.84. The van der Waals surface area contributed by atoms with Crippen LogP contribution in [0, 0.1) is 5.92 Å². The predicted octanol–water partition coefficient (Wildman–Crippen LogP) is 3.98. The summed E-state index contributed by atoms with van der Waals surface area (Å²) in [6.07, 6.45) is 9.65. The number of ketones is 1. The summed E-state index contributed by atoms with van der Waals surface area (Å²) in [5, 5.41) is 13.0. The molecule has 1 aromatic carbocycles. The van der Waals surface area contributed by atoms with Crippen molar-refractivity contribution >= 4 is 11.5 Å². The number of hydrogen-bond acceptors (Lipinski definition) is 3. The summed E-state index contributed by atoms with van der Waals surface area (Å²) in [4.78, 5) is 12.8. The fourth-order valence-corrected chi connectivity index (χ4v) is 4.02. The van der Waals surface area contributed by atoms with E-state index in [1.165, 1.54) is 31.2 Å². The highest BCUT2D eigenvalue weighted by Gasteiger charge is 2.29. The van der Waals surface area contributed by atoms with E-state index in [4.69, 9.17) is 0 Å². The van der Waals surface area contributed by atoms with Crippen molar-refractivity contribution in [3.63, 3.8) is 0 Å². The number of rotatable bonds is 3. The summed E-state index contributed by atoms with van der Waals surface area (Å²) in [6.45, 7) is 4.36. The summed E-state index contributed by atoms with van der Waals surface area (Å²) < 4.78 is 0. The first kappa shape index (κ1) is 17.2. The van der Waals surface area contributed by atoms with Crippen molar-refractivity contribution in [1.82, 2.24) is 5.32 Å². The first-order valence-corrected chi connectivity index (χ1v) is 9.25. The van der Waals surface area contributed by atoms with Gasteiger partial charge in [-0.05, 0) is 50.3 Å². The highest BCUT2D eigenvalue weighted by Crippen LogP contribution is 2.32. The third kappa shape index (κ3) is 3.89. The highest BCUT2D eigenvalue weighted by molar-refractivity contribution is 5.98. The number of carbonyl (C=O) groups is 1. The average molecular weight is 327 g/mol. The minimum absolute atomic E-state index is 0.0283. The topological polar surface area (TPSA) is 49.3 Å². The normalized spacial score (nSPS) is 22.5. The van der Waals surface area contributed by atoms with Crippen LogP contribution >= 0.6 is 0 Å². The summed E-state index contributed by atoms with van der Waals surface area (Å²) >= 11 is 0. The van der Waals surface area contributed by atoms with Gasteiger partial charge in [-0.2, -0.15) is 0 Å². The van der Waals surface area contributed by atoms with Crippen molar-refractivity contribution < 1.29 is 9.90 Å². The molecule has 1 fully saturated rings. The second kappa shape index (κ2) is 7.10. The van der Waals surface area contributed by atoms with Crippen LogP contribution in [0.1, 0.15) is 69.1 Å². The van der Waals surface area contributed by atoms with Crippen LogP contribution in [0.3, 0.4) is 0 Å². The Morgan fingerprint density at radius 1 is 1.25 bits per heavy atom. The van der Waals surface area contributed by atoms with Gasteiger partial charge in [-0.25, -0.2) is 0 Å². The van der Waals surface area contributed by atoms with Crippen LogP contribution in [-0.2, 0) is 17.8 Å². The number of aliphatic hydroxyl groups is 1. The minimum atomic E-state index is -0.0662. The largest absolute Gasteiger partial charge is 0.392 e. The zero-order valence-corrected chi connectivity index (χ0v) is 14.9. The van der Waals surface area contributed by atoms with E-state index in [0.717, 1.165) is 36.1 Å². The van der Waals surface area contributed by atoms with Crippen molar-refractivity contribution in [2.45, 2.75) is 70.9 Å². The molecule has 2 N–H and O–H groups in total. The molecule has 1 saturated carbocycles. The molecule has 24 heavy (non-hydrogen) atoms. The lowest BCUT2D eigenvalue weighted by Crippen LogP contribution is -2.44. The first-order valence-electron chi connectivity index (χ1n) is 9.25. The zero-order valence-electron chi connectivity index (χ0n) is 14.9. The Balaban J connectivity index is 1.92. The van der Waals surface area contributed by atoms with E-state index in [1.54, 1.807) is 0 Å². The maximum atomic E-state index is 12.8. The molecular weight excluding hydrogens is 298 g/mol. The Labute approximate surface area is 145 Å². The van der Waals surface area contributed by atoms with Gasteiger partial charge in [-0.15, -0.1) is 0 Å². The van der Waals surface area contributed by atoms with Gasteiger partial charge in [0.1, 0.15) is 0 Å². The summed E-state index contributed by atoms with van der Waals surface area (Å²) in [6, 6.07) is 6.09. The molecule has 3 heteroatoms. The maximum Gasteiger partial charge on any atom is 0.160 e. The third-order valence-electron chi connectivity index (χ3n) is 5.30. The van der Waals surface area contributed by atoms with Crippen LogP contribution in [0.5, 0.6) is 0 Å². The van der Waals surface area contributed by atoms with Crippen LogP contribution in [0.25, 0.3) is 5.70 Å². The number of hydrogen-bond donors (Lipinski definition) is 2. The molecule has 0 aromatic heterocycles. The van der Waals surface area contributed by atoms with Gasteiger partial charge in [-0.1, -0.05) is 37.8 Å². The van der Waals surface area contributed by atoms with Gasteiger partial charge >= 0.3 is 0 Å². The van der Waals surface area contributed by atoms with E-state index in [9.17, 15) is 9.90 Å². The quantitative estimate of drug-likeness (QED) is 0.652. The fourth-order valence-electron chi connectivity index (χ4n) is 4.02. The van der Waals surface area contributed by atoms with Crippen LogP contribution in [0.4, 0.5) is 0 Å². The lowest BCUT2D eigenvalue weighted by molar-refractivity contribution is -0.118. The SMILES string of the molecule is CC1(C)Cc2ccc(CO)cc2/C(=C/C(=O)C2CCCCCC2)N1. The van der Waals surface area contributed by atoms with Gasteiger partial charge in [0.2, 0.25) is 0 Å². The maximum absolute atomic E-state index is 12.8. The molecule has 0 bridgehead atoms. The van der Waals surface area contributed by atoms with Gasteiger partial charge < -0.3 is 10.4 Å². The molecule has 0 radical (unpaired) electrons. The molecule has 0 spiro atoms. The zero-order chi connectivity index (χ0) is 17.2. The Hall–Kier alpha value is -1.61. The number of fused-ring (bicyclic) bond motifs is 1. The molecule has 3 nitrogen and oxygen atoms in total. The van der Waals surface area contributed by atoms with Crippen LogP contribution < -0.4 is 5.32 Å². The average Bonchev–Trinajstić information content (AvgIpc) is 2.83. The molecule has 0 atom stereocenters. The molecule has 1 aromatic rings. The van der Waals surface area contributed by atoms with Crippen molar-refractivity contribution in [2.75, 3.05) is 0 Å². The Kier molecular flexibility index (Phi) is 5.09. The van der Waals surface area contributed by atoms with Gasteiger partial charge in [0.25, 0.3) is 0 Å². The molecule has 130 valence electrons. The standard InChI is InChI=1S/C21H29NO2/c1-21(2)13-17-10-9-15(14-23)11-18(17)19(22-21)12-20(24)16-7-5-3-4-6-8-16/h9-12,16,22-23H,3-8,13-14H2,1-2H3/b19-12-. The third-order valence-corrected chi connectivity index (χ3v) is 5.30. The molecular formula is C21H29NO2. The monoisotopic (exact) mass is 327 g/mol. The number of carbonyl (C=O) groups excluding carboxylic acids is 1. The van der Waals surface area contributed by atoms with Crippen LogP contribution in [0.15, 0.2) is 24.3 Å². The molecule has 1 heterocycles. The lowest BCUT2D eigenvalue weighted by Gasteiger charge is -2.36. The summed E-state index contributed by atoms with van der Waals surface area (Å²) in [5.41, 5.74) is 4.07. The Bertz CT molecular complexity index is 637. The summed E-state index contributed by atoms with van der Waals surface area (Å²) in [7, 11) is 0. The van der Waals surface area contributed by atoms with E-state index in [0.29, 0.717) is 0 Å². The Morgan fingerprint density at radius 2 is 1.96 bits per heavy atom. The van der Waals surface area contributed by atoms with Crippen molar-refractivity contribution in [1.29, 1.82) is 0 Å². The van der Waals surface area contributed by atoms with Crippen molar-refractivity contribution in [3.05, 3.63) is 41.0 Å². The van der Waals surface area contributed by atoms with Crippen molar-refractivity contribution in [3.8, 4) is 0 Å². The number of aliphatic hydroxyl groups excluding tert-OH is 1. The molecule has 3 rings (SSSR count). The first-order chi connectivity index (χ1) is 11.5. The van der Waals surface area contributed by atoms with Gasteiger partial charge in [0, 0.05) is 28.8 Å². The van der Waals surface area contributed by atoms with E-state index in [2.05, 4.69) is 25.2 Å². The van der Waals surface area contributed by atoms with E-state index < -0.39 is 0 Å². The number of benzene rings is 1. The second-order valence-corrected chi connectivity index (χ2v) is 7.98. The molecule has 1 aliphatic heterocycles. The summed E-state index contributed by atoms with van der Waals surface area (Å²) in [5.74, 6) is 0.439. The minimum Gasteiger partial charge on any atom is -0.392 e. The number of allylic oxidation sites excluding steroid dienone is 1. The van der Waals surface area contributed by atoms with Crippen LogP contribution in [-0.4, -0.2) is 16.4 Å². The van der Waals surface area contributed by atoms with Crippen LogP contribution in [0.2, 0.25) is 0 Å². The predicted molar refractivity (Wildman–Crippen MR) is 97.5 cm³/mol. The fraction of sp³-hybridized carbons (Fsp3) is 0.571. The molecule has 0 amide bonds. The van der Waals surface area contributed by atoms with E-state index in [-0.39, 0.29) is 23.8 Å². The van der Waals surface area contributed by atoms with Gasteiger partial charge in [-0.3, -0.25) is 4.79 Å². The molecule has 0 unspecified atom stereocenters. The molecule has 1 aliphatic carbocycles. The highest BCUT2D eigenvalue weighted by atomic mass is 16.3.